The van der Waals surface area contributed by atoms with E-state index in [1.165, 1.54) is 0 Å². The van der Waals surface area contributed by atoms with Gasteiger partial charge in [0.2, 0.25) is 0 Å². The summed E-state index contributed by atoms with van der Waals surface area (Å²) >= 11 is 0. The number of nitrogens with one attached hydrogen (secondary N) is 2. The third kappa shape index (κ3) is 4.34. The van der Waals surface area contributed by atoms with Crippen LogP contribution in [0.4, 0.5) is 11.5 Å². The zero-order valence-electron chi connectivity index (χ0n) is 19.5. The van der Waals surface area contributed by atoms with Crippen molar-refractivity contribution < 1.29 is 13.2 Å². The van der Waals surface area contributed by atoms with Crippen molar-refractivity contribution in [3.05, 3.63) is 46.9 Å². The van der Waals surface area contributed by atoms with Crippen LogP contribution in [-0.2, 0) is 20.1 Å². The lowest BCUT2D eigenvalue weighted by atomic mass is 9.89. The van der Waals surface area contributed by atoms with Crippen molar-refractivity contribution in [2.75, 3.05) is 18.5 Å². The molecule has 2 aliphatic rings. The first-order chi connectivity index (χ1) is 16.9. The van der Waals surface area contributed by atoms with Crippen LogP contribution < -0.4 is 10.9 Å². The van der Waals surface area contributed by atoms with Crippen LogP contribution in [0.1, 0.15) is 51.4 Å². The topological polar surface area (TPSA) is 130 Å². The predicted octanol–water partition coefficient (Wildman–Crippen LogP) is 3.99. The number of anilines is 2. The predicted molar refractivity (Wildman–Crippen MR) is 132 cm³/mol. The normalized spacial score (nSPS) is 21.6. The summed E-state index contributed by atoms with van der Waals surface area (Å²) in [6, 6.07) is 10.7. The molecule has 3 heterocycles. The van der Waals surface area contributed by atoms with Crippen molar-refractivity contribution in [3.8, 4) is 6.07 Å². The standard InChI is InChI=1S/C25H29N5O4S/c26-14-13-25(12-4-16-34-17-25)30-21-11-15-27-24(31)22(21)23(29-30)28-18-7-9-20(10-8-18)35(32,33)19-5-2-1-3-6-19/h7-11,15,19H,1-6,12-13,16-17H2,(H,27,31)(H,28,29). The summed E-state index contributed by atoms with van der Waals surface area (Å²) in [6.45, 7) is 0.978. The number of pyridine rings is 1. The molecule has 2 fully saturated rings. The zero-order chi connectivity index (χ0) is 24.5. The lowest BCUT2D eigenvalue weighted by Crippen LogP contribution is -2.42. The van der Waals surface area contributed by atoms with E-state index < -0.39 is 15.4 Å². The average molecular weight is 496 g/mol. The van der Waals surface area contributed by atoms with Crippen molar-refractivity contribution in [1.29, 1.82) is 5.26 Å². The number of ether oxygens (including phenoxy) is 1. The second-order valence-corrected chi connectivity index (χ2v) is 11.7. The monoisotopic (exact) mass is 495 g/mol. The van der Waals surface area contributed by atoms with Gasteiger partial charge in [-0.25, -0.2) is 8.42 Å². The van der Waals surface area contributed by atoms with Crippen LogP contribution >= 0.6 is 0 Å². The lowest BCUT2D eigenvalue weighted by molar-refractivity contribution is -0.00174. The van der Waals surface area contributed by atoms with Gasteiger partial charge in [0.25, 0.3) is 5.56 Å². The first-order valence-corrected chi connectivity index (χ1v) is 13.7. The molecule has 35 heavy (non-hydrogen) atoms. The van der Waals surface area contributed by atoms with Crippen molar-refractivity contribution in [2.45, 2.75) is 67.1 Å². The highest BCUT2D eigenvalue weighted by Gasteiger charge is 2.38. The third-order valence-corrected chi connectivity index (χ3v) is 9.48. The van der Waals surface area contributed by atoms with E-state index in [4.69, 9.17) is 9.84 Å². The fourth-order valence-electron chi connectivity index (χ4n) is 5.33. The van der Waals surface area contributed by atoms with Gasteiger partial charge in [0.05, 0.1) is 40.3 Å². The minimum absolute atomic E-state index is 0.212. The van der Waals surface area contributed by atoms with Gasteiger partial charge in [0.1, 0.15) is 5.39 Å². The van der Waals surface area contributed by atoms with Gasteiger partial charge in [-0.15, -0.1) is 0 Å². The van der Waals surface area contributed by atoms with Gasteiger partial charge in [-0.3, -0.25) is 9.48 Å². The number of benzene rings is 1. The Morgan fingerprint density at radius 2 is 1.94 bits per heavy atom. The van der Waals surface area contributed by atoms with E-state index >= 15 is 0 Å². The molecule has 0 amide bonds. The average Bonchev–Trinajstić information content (AvgIpc) is 3.26. The van der Waals surface area contributed by atoms with E-state index in [0.717, 1.165) is 32.1 Å². The van der Waals surface area contributed by atoms with E-state index in [0.29, 0.717) is 53.4 Å². The summed E-state index contributed by atoms with van der Waals surface area (Å²) in [6.07, 6.45) is 7.72. The smallest absolute Gasteiger partial charge is 0.261 e. The van der Waals surface area contributed by atoms with Gasteiger partial charge >= 0.3 is 0 Å². The molecule has 9 nitrogen and oxygen atoms in total. The van der Waals surface area contributed by atoms with Crippen LogP contribution in [0, 0.1) is 11.3 Å². The first kappa shape index (κ1) is 23.6. The number of fused-ring (bicyclic) bond motifs is 1. The van der Waals surface area contributed by atoms with Crippen molar-refractivity contribution in [2.24, 2.45) is 0 Å². The number of sulfone groups is 1. The molecular formula is C25H29N5O4S. The molecule has 1 aliphatic heterocycles. The largest absolute Gasteiger partial charge is 0.379 e. The molecule has 3 aromatic rings. The number of nitrogens with zero attached hydrogens (tertiary/aromatic N) is 3. The molecule has 1 atom stereocenters. The van der Waals surface area contributed by atoms with E-state index in [1.54, 1.807) is 41.2 Å². The van der Waals surface area contributed by atoms with Crippen LogP contribution in [0.2, 0.25) is 0 Å². The van der Waals surface area contributed by atoms with E-state index in [-0.39, 0.29) is 17.2 Å². The van der Waals surface area contributed by atoms with Gasteiger partial charge in [-0.05, 0) is 56.0 Å². The van der Waals surface area contributed by atoms with Crippen molar-refractivity contribution in [1.82, 2.24) is 14.8 Å². The Morgan fingerprint density at radius 1 is 1.17 bits per heavy atom. The highest BCUT2D eigenvalue weighted by Crippen LogP contribution is 2.36. The number of H-pyrrole nitrogens is 1. The Labute approximate surface area is 204 Å². The van der Waals surface area contributed by atoms with E-state index in [2.05, 4.69) is 16.4 Å². The Morgan fingerprint density at radius 3 is 2.63 bits per heavy atom. The van der Waals surface area contributed by atoms with Gasteiger partial charge < -0.3 is 15.0 Å². The second-order valence-electron chi connectivity index (χ2n) is 9.50. The molecule has 1 saturated carbocycles. The fraction of sp³-hybridized carbons (Fsp3) is 0.480. The molecule has 2 N–H and O–H groups in total. The number of aromatic amines is 1. The number of hydrogen-bond acceptors (Lipinski definition) is 7. The quantitative estimate of drug-likeness (QED) is 0.529. The van der Waals surface area contributed by atoms with Crippen LogP contribution in [0.25, 0.3) is 10.9 Å². The maximum atomic E-state index is 13.0. The summed E-state index contributed by atoms with van der Waals surface area (Å²) in [5, 5.41) is 17.5. The molecule has 1 aromatic carbocycles. The summed E-state index contributed by atoms with van der Waals surface area (Å²) in [7, 11) is -3.36. The van der Waals surface area contributed by atoms with E-state index in [1.807, 2.05) is 0 Å². The second kappa shape index (κ2) is 9.47. The lowest BCUT2D eigenvalue weighted by Gasteiger charge is -2.35. The zero-order valence-corrected chi connectivity index (χ0v) is 20.3. The molecule has 10 heteroatoms. The third-order valence-electron chi connectivity index (χ3n) is 7.20. The molecular weight excluding hydrogens is 466 g/mol. The van der Waals surface area contributed by atoms with Crippen LogP contribution in [0.5, 0.6) is 0 Å². The summed E-state index contributed by atoms with van der Waals surface area (Å²) in [5.74, 6) is 0.354. The minimum Gasteiger partial charge on any atom is -0.379 e. The van der Waals surface area contributed by atoms with Crippen LogP contribution in [-0.4, -0.2) is 41.6 Å². The Hall–Kier alpha value is -3.16. The molecule has 1 saturated heterocycles. The Bertz CT molecular complexity index is 1410. The molecule has 0 radical (unpaired) electrons. The SMILES string of the molecule is N#CCC1(n2nc(Nc3ccc(S(=O)(=O)C4CCCCC4)cc3)c3c(=O)[nH]ccc32)CCCOC1. The molecule has 184 valence electrons. The summed E-state index contributed by atoms with van der Waals surface area (Å²) in [5.41, 5.74) is 0.290. The highest BCUT2D eigenvalue weighted by atomic mass is 32.2. The molecule has 0 spiro atoms. The molecule has 0 bridgehead atoms. The maximum Gasteiger partial charge on any atom is 0.261 e. The molecule has 1 unspecified atom stereocenters. The maximum absolute atomic E-state index is 13.0. The van der Waals surface area contributed by atoms with E-state index in [9.17, 15) is 18.5 Å². The summed E-state index contributed by atoms with van der Waals surface area (Å²) < 4.78 is 33.5. The number of rotatable bonds is 6. The van der Waals surface area contributed by atoms with Gasteiger partial charge in [0, 0.05) is 18.5 Å². The van der Waals surface area contributed by atoms with Gasteiger partial charge in [-0.2, -0.15) is 10.4 Å². The Balaban J connectivity index is 1.49. The Kier molecular flexibility index (Phi) is 6.38. The molecule has 1 aliphatic carbocycles. The summed E-state index contributed by atoms with van der Waals surface area (Å²) in [4.78, 5) is 15.8. The number of aromatic nitrogens is 3. The van der Waals surface area contributed by atoms with Crippen molar-refractivity contribution in [3.63, 3.8) is 0 Å². The first-order valence-electron chi connectivity index (χ1n) is 12.1. The van der Waals surface area contributed by atoms with Crippen LogP contribution in [0.3, 0.4) is 0 Å². The molecule has 5 rings (SSSR count). The fourth-order valence-corrected chi connectivity index (χ4v) is 7.18. The highest BCUT2D eigenvalue weighted by molar-refractivity contribution is 7.92. The molecule has 2 aromatic heterocycles. The number of hydrogen-bond donors (Lipinski definition) is 2. The van der Waals surface area contributed by atoms with Crippen molar-refractivity contribution >= 4 is 32.2 Å². The number of nitriles is 1. The van der Waals surface area contributed by atoms with Crippen LogP contribution in [0.15, 0.2) is 46.2 Å². The van der Waals surface area contributed by atoms with Gasteiger partial charge in [-0.1, -0.05) is 19.3 Å². The minimum atomic E-state index is -3.36. The van der Waals surface area contributed by atoms with Gasteiger partial charge in [0.15, 0.2) is 15.7 Å².